The van der Waals surface area contributed by atoms with E-state index in [1.54, 1.807) is 0 Å². The Morgan fingerprint density at radius 2 is 2.15 bits per heavy atom. The van der Waals surface area contributed by atoms with Crippen LogP contribution in [0.15, 0.2) is 35.3 Å². The van der Waals surface area contributed by atoms with Crippen molar-refractivity contribution in [1.82, 2.24) is 15.2 Å². The molecule has 0 radical (unpaired) electrons. The molecule has 26 heavy (non-hydrogen) atoms. The lowest BCUT2D eigenvalue weighted by atomic mass is 10.1. The number of morpholine rings is 1. The number of hydrogen-bond donors (Lipinski definition) is 2. The second-order valence-electron chi connectivity index (χ2n) is 7.01. The number of rotatable bonds is 4. The van der Waals surface area contributed by atoms with Crippen LogP contribution in [0.2, 0.25) is 0 Å². The molecule has 4 rings (SSSR count). The van der Waals surface area contributed by atoms with Gasteiger partial charge in [-0.05, 0) is 30.4 Å². The Hall–Kier alpha value is -2.05. The van der Waals surface area contributed by atoms with Crippen molar-refractivity contribution >= 4 is 16.9 Å². The first kappa shape index (κ1) is 17.4. The predicted molar refractivity (Wildman–Crippen MR) is 104 cm³/mol. The van der Waals surface area contributed by atoms with Crippen molar-refractivity contribution in [2.24, 2.45) is 4.99 Å². The molecule has 2 aromatic rings. The molecular weight excluding hydrogens is 328 g/mol. The number of hydrogen-bond acceptors (Lipinski definition) is 3. The molecule has 2 aliphatic rings. The fraction of sp³-hybridized carbons (Fsp3) is 0.550. The summed E-state index contributed by atoms with van der Waals surface area (Å²) in [6.07, 6.45) is 3.57. The van der Waals surface area contributed by atoms with E-state index in [9.17, 15) is 0 Å². The van der Waals surface area contributed by atoms with Gasteiger partial charge in [-0.15, -0.1) is 0 Å². The summed E-state index contributed by atoms with van der Waals surface area (Å²) in [4.78, 5) is 10.2. The fourth-order valence-corrected chi connectivity index (χ4v) is 3.90. The second kappa shape index (κ2) is 8.10. The molecule has 2 atom stereocenters. The molecule has 0 amide bonds. The largest absolute Gasteiger partial charge is 0.375 e. The molecule has 0 bridgehead atoms. The van der Waals surface area contributed by atoms with Gasteiger partial charge < -0.3 is 24.7 Å². The van der Waals surface area contributed by atoms with Crippen molar-refractivity contribution in [2.45, 2.75) is 31.5 Å². The lowest BCUT2D eigenvalue weighted by Crippen LogP contribution is -2.53. The van der Waals surface area contributed by atoms with Gasteiger partial charge >= 0.3 is 0 Å². The summed E-state index contributed by atoms with van der Waals surface area (Å²) in [5, 5.41) is 4.77. The first-order valence-electron chi connectivity index (χ1n) is 9.59. The summed E-state index contributed by atoms with van der Waals surface area (Å²) in [6, 6.07) is 10.6. The highest BCUT2D eigenvalue weighted by Gasteiger charge is 2.32. The third-order valence-electron chi connectivity index (χ3n) is 5.25. The Morgan fingerprint density at radius 3 is 2.96 bits per heavy atom. The summed E-state index contributed by atoms with van der Waals surface area (Å²) in [7, 11) is 1.85. The summed E-state index contributed by atoms with van der Waals surface area (Å²) >= 11 is 0. The molecule has 140 valence electrons. The van der Waals surface area contributed by atoms with E-state index in [1.165, 1.54) is 16.6 Å². The topological polar surface area (TPSA) is 61.9 Å². The minimum Gasteiger partial charge on any atom is -0.375 e. The highest BCUT2D eigenvalue weighted by Crippen LogP contribution is 2.21. The smallest absolute Gasteiger partial charge is 0.193 e. The monoisotopic (exact) mass is 356 g/mol. The van der Waals surface area contributed by atoms with Crippen molar-refractivity contribution in [3.05, 3.63) is 36.0 Å². The molecule has 2 N–H and O–H groups in total. The number of H-pyrrole nitrogens is 1. The standard InChI is InChI=1S/C20H28N4O2/c1-21-20(24-10-12-26-19(14-24)18-7-4-11-25-18)22-9-8-16-13-15-5-2-3-6-17(15)23-16/h2-3,5-6,13,18-19,23H,4,7-12,14H2,1H3,(H,21,22). The highest BCUT2D eigenvalue weighted by atomic mass is 16.5. The van der Waals surface area contributed by atoms with Crippen LogP contribution in [-0.2, 0) is 15.9 Å². The number of para-hydroxylation sites is 1. The zero-order valence-corrected chi connectivity index (χ0v) is 15.4. The Bertz CT molecular complexity index is 718. The van der Waals surface area contributed by atoms with Crippen LogP contribution < -0.4 is 5.32 Å². The molecule has 1 aromatic carbocycles. The Morgan fingerprint density at radius 1 is 1.27 bits per heavy atom. The predicted octanol–water partition coefficient (Wildman–Crippen LogP) is 2.17. The highest BCUT2D eigenvalue weighted by molar-refractivity contribution is 5.81. The van der Waals surface area contributed by atoms with E-state index in [0.29, 0.717) is 0 Å². The zero-order chi connectivity index (χ0) is 17.8. The molecule has 0 spiro atoms. The molecule has 2 saturated heterocycles. The lowest BCUT2D eigenvalue weighted by molar-refractivity contribution is -0.0816. The third kappa shape index (κ3) is 3.86. The molecule has 6 heteroatoms. The van der Waals surface area contributed by atoms with Crippen LogP contribution in [0.1, 0.15) is 18.5 Å². The SMILES string of the molecule is CN=C(NCCc1cc2ccccc2[nH]1)N1CCOC(C2CCCO2)C1. The number of fused-ring (bicyclic) bond motifs is 1. The van der Waals surface area contributed by atoms with Crippen LogP contribution in [0, 0.1) is 0 Å². The molecule has 2 aliphatic heterocycles. The van der Waals surface area contributed by atoms with Crippen molar-refractivity contribution < 1.29 is 9.47 Å². The van der Waals surface area contributed by atoms with Gasteiger partial charge in [0, 0.05) is 50.9 Å². The van der Waals surface area contributed by atoms with E-state index < -0.39 is 0 Å². The van der Waals surface area contributed by atoms with E-state index in [1.807, 2.05) is 7.05 Å². The number of ether oxygens (including phenoxy) is 2. The van der Waals surface area contributed by atoms with Crippen LogP contribution in [0.4, 0.5) is 0 Å². The van der Waals surface area contributed by atoms with Crippen LogP contribution >= 0.6 is 0 Å². The average Bonchev–Trinajstić information content (AvgIpc) is 3.34. The van der Waals surface area contributed by atoms with Crippen molar-refractivity contribution in [3.8, 4) is 0 Å². The van der Waals surface area contributed by atoms with Gasteiger partial charge in [0.05, 0.1) is 12.7 Å². The first-order chi connectivity index (χ1) is 12.8. The second-order valence-corrected chi connectivity index (χ2v) is 7.01. The zero-order valence-electron chi connectivity index (χ0n) is 15.4. The van der Waals surface area contributed by atoms with Gasteiger partial charge in [0.2, 0.25) is 0 Å². The van der Waals surface area contributed by atoms with Gasteiger partial charge in [0.25, 0.3) is 0 Å². The number of aromatic amines is 1. The minimum absolute atomic E-state index is 0.151. The van der Waals surface area contributed by atoms with E-state index in [-0.39, 0.29) is 12.2 Å². The number of nitrogens with zero attached hydrogens (tertiary/aromatic N) is 2. The van der Waals surface area contributed by atoms with Crippen molar-refractivity contribution in [1.29, 1.82) is 0 Å². The summed E-state index contributed by atoms with van der Waals surface area (Å²) in [5.41, 5.74) is 2.44. The molecule has 2 unspecified atom stereocenters. The van der Waals surface area contributed by atoms with Crippen molar-refractivity contribution in [3.63, 3.8) is 0 Å². The minimum atomic E-state index is 0.151. The summed E-state index contributed by atoms with van der Waals surface area (Å²) < 4.78 is 11.7. The normalized spacial score (nSPS) is 24.3. The fourth-order valence-electron chi connectivity index (χ4n) is 3.90. The summed E-state index contributed by atoms with van der Waals surface area (Å²) in [6.45, 7) is 4.16. The molecule has 2 fully saturated rings. The Kier molecular flexibility index (Phi) is 5.41. The van der Waals surface area contributed by atoms with Gasteiger partial charge in [-0.2, -0.15) is 0 Å². The van der Waals surface area contributed by atoms with Crippen LogP contribution in [0.5, 0.6) is 0 Å². The van der Waals surface area contributed by atoms with Crippen LogP contribution in [-0.4, -0.2) is 67.9 Å². The number of benzene rings is 1. The molecule has 3 heterocycles. The number of aromatic nitrogens is 1. The number of nitrogens with one attached hydrogen (secondary N) is 2. The van der Waals surface area contributed by atoms with E-state index in [0.717, 1.165) is 58.1 Å². The van der Waals surface area contributed by atoms with Crippen molar-refractivity contribution in [2.75, 3.05) is 39.9 Å². The maximum Gasteiger partial charge on any atom is 0.193 e. The Balaban J connectivity index is 1.31. The van der Waals surface area contributed by atoms with E-state index >= 15 is 0 Å². The Labute approximate surface area is 154 Å². The lowest BCUT2D eigenvalue weighted by Gasteiger charge is -2.37. The molecule has 6 nitrogen and oxygen atoms in total. The van der Waals surface area contributed by atoms with Gasteiger partial charge in [0.1, 0.15) is 6.10 Å². The molecule has 0 aliphatic carbocycles. The number of guanidine groups is 1. The molecule has 1 aromatic heterocycles. The number of aliphatic imine (C=N–C) groups is 1. The third-order valence-corrected chi connectivity index (χ3v) is 5.25. The van der Waals surface area contributed by atoms with Gasteiger partial charge in [-0.3, -0.25) is 4.99 Å². The quantitative estimate of drug-likeness (QED) is 0.651. The van der Waals surface area contributed by atoms with E-state index in [2.05, 4.69) is 50.5 Å². The van der Waals surface area contributed by atoms with E-state index in [4.69, 9.17) is 9.47 Å². The first-order valence-corrected chi connectivity index (χ1v) is 9.59. The summed E-state index contributed by atoms with van der Waals surface area (Å²) in [5.74, 6) is 0.951. The van der Waals surface area contributed by atoms with Gasteiger partial charge in [-0.1, -0.05) is 18.2 Å². The van der Waals surface area contributed by atoms with Crippen LogP contribution in [0.25, 0.3) is 10.9 Å². The van der Waals surface area contributed by atoms with Crippen LogP contribution in [0.3, 0.4) is 0 Å². The van der Waals surface area contributed by atoms with Gasteiger partial charge in [-0.25, -0.2) is 0 Å². The maximum absolute atomic E-state index is 5.94. The molecular formula is C20H28N4O2. The van der Waals surface area contributed by atoms with Gasteiger partial charge in [0.15, 0.2) is 5.96 Å². The average molecular weight is 356 g/mol. The molecule has 0 saturated carbocycles. The maximum atomic E-state index is 5.94.